The van der Waals surface area contributed by atoms with Crippen molar-refractivity contribution in [2.45, 2.75) is 62.5 Å². The maximum atomic E-state index is 10.0. The van der Waals surface area contributed by atoms with Crippen molar-refractivity contribution in [2.24, 2.45) is 0 Å². The molecule has 2 aromatic heterocycles. The summed E-state index contributed by atoms with van der Waals surface area (Å²) in [5.74, 6) is 0.254. The predicted octanol–water partition coefficient (Wildman–Crippen LogP) is 1.62. The van der Waals surface area contributed by atoms with Gasteiger partial charge in [-0.1, -0.05) is 0 Å². The molecule has 2 fully saturated rings. The van der Waals surface area contributed by atoms with Gasteiger partial charge < -0.3 is 20.3 Å². The first kappa shape index (κ1) is 15.9. The van der Waals surface area contributed by atoms with Gasteiger partial charge in [-0.25, -0.2) is 4.98 Å². The topological polar surface area (TPSA) is 108 Å². The van der Waals surface area contributed by atoms with Gasteiger partial charge in [0.15, 0.2) is 23.2 Å². The third-order valence-corrected chi connectivity index (χ3v) is 5.18. The average molecular weight is 354 g/mol. The molecule has 24 heavy (non-hydrogen) atoms. The maximum Gasteiger partial charge on any atom is 0.320 e. The minimum Gasteiger partial charge on any atom is -0.460 e. The Morgan fingerprint density at radius 2 is 2.12 bits per heavy atom. The van der Waals surface area contributed by atoms with Gasteiger partial charge in [0.1, 0.15) is 17.6 Å². The van der Waals surface area contributed by atoms with Crippen LogP contribution in [0.2, 0.25) is 0 Å². The van der Waals surface area contributed by atoms with Gasteiger partial charge in [-0.2, -0.15) is 9.97 Å². The molecule has 8 nitrogen and oxygen atoms in total. The largest absolute Gasteiger partial charge is 0.460 e. The van der Waals surface area contributed by atoms with Crippen molar-refractivity contribution in [2.75, 3.05) is 5.73 Å². The van der Waals surface area contributed by atoms with Gasteiger partial charge in [0.25, 0.3) is 0 Å². The molecular formula is C15H20ClN5O3. The number of ether oxygens (including phenoxy) is 2. The van der Waals surface area contributed by atoms with Crippen LogP contribution < -0.4 is 10.5 Å². The molecule has 0 amide bonds. The molecule has 1 aliphatic carbocycles. The predicted molar refractivity (Wildman–Crippen MR) is 87.9 cm³/mol. The standard InChI is InChI=1S/C15H20ClN5O3/c1-7-11(22)9(16)14(23-7)21-6-18-10-12(17)19-15(20-13(10)21)24-8-4-2-3-5-8/h6-9,11,14,22H,2-5H2,1H3,(H2,17,19,20)/t7-,9-,11-,14-/m1/s1. The summed E-state index contributed by atoms with van der Waals surface area (Å²) in [6.45, 7) is 1.77. The van der Waals surface area contributed by atoms with E-state index in [4.69, 9.17) is 26.8 Å². The van der Waals surface area contributed by atoms with E-state index in [0.29, 0.717) is 11.2 Å². The van der Waals surface area contributed by atoms with Gasteiger partial charge in [0.05, 0.1) is 12.4 Å². The molecule has 1 saturated heterocycles. The molecule has 0 aromatic carbocycles. The lowest BCUT2D eigenvalue weighted by molar-refractivity contribution is -0.00613. The Hall–Kier alpha value is -1.64. The lowest BCUT2D eigenvalue weighted by Gasteiger charge is -2.16. The van der Waals surface area contributed by atoms with Crippen molar-refractivity contribution in [3.63, 3.8) is 0 Å². The molecule has 0 bridgehead atoms. The lowest BCUT2D eigenvalue weighted by Crippen LogP contribution is -2.25. The van der Waals surface area contributed by atoms with Crippen molar-refractivity contribution >= 4 is 28.6 Å². The van der Waals surface area contributed by atoms with E-state index in [0.717, 1.165) is 25.7 Å². The first-order valence-electron chi connectivity index (χ1n) is 8.19. The Morgan fingerprint density at radius 3 is 2.79 bits per heavy atom. The fourth-order valence-corrected chi connectivity index (χ4v) is 3.72. The summed E-state index contributed by atoms with van der Waals surface area (Å²) < 4.78 is 13.3. The summed E-state index contributed by atoms with van der Waals surface area (Å²) in [5, 5.41) is 9.43. The second-order valence-corrected chi connectivity index (χ2v) is 6.91. The molecule has 3 heterocycles. The second-order valence-electron chi connectivity index (χ2n) is 6.41. The van der Waals surface area contributed by atoms with E-state index in [1.165, 1.54) is 0 Å². The van der Waals surface area contributed by atoms with Gasteiger partial charge >= 0.3 is 6.01 Å². The number of imidazole rings is 1. The molecule has 4 rings (SSSR count). The molecule has 1 saturated carbocycles. The molecule has 2 aromatic rings. The van der Waals surface area contributed by atoms with E-state index >= 15 is 0 Å². The van der Waals surface area contributed by atoms with Crippen LogP contribution in [-0.2, 0) is 4.74 Å². The van der Waals surface area contributed by atoms with Gasteiger partial charge in [-0.15, -0.1) is 11.6 Å². The molecule has 1 aliphatic heterocycles. The van der Waals surface area contributed by atoms with Crippen LogP contribution in [0.1, 0.15) is 38.8 Å². The minimum atomic E-state index is -0.762. The number of hydrogen-bond donors (Lipinski definition) is 2. The first-order chi connectivity index (χ1) is 11.5. The Kier molecular flexibility index (Phi) is 3.98. The number of fused-ring (bicyclic) bond motifs is 1. The summed E-state index contributed by atoms with van der Waals surface area (Å²) in [7, 11) is 0. The Labute approximate surface area is 143 Å². The molecule has 0 unspecified atom stereocenters. The molecule has 130 valence electrons. The second kappa shape index (κ2) is 6.02. The third kappa shape index (κ3) is 2.58. The highest BCUT2D eigenvalue weighted by atomic mass is 35.5. The Balaban J connectivity index is 1.70. The average Bonchev–Trinajstić information content (AvgIpc) is 3.25. The number of nitrogens with zero attached hydrogens (tertiary/aromatic N) is 4. The Bertz CT molecular complexity index is 748. The fourth-order valence-electron chi connectivity index (χ4n) is 3.33. The van der Waals surface area contributed by atoms with Gasteiger partial charge in [0, 0.05) is 0 Å². The lowest BCUT2D eigenvalue weighted by atomic mass is 10.2. The van der Waals surface area contributed by atoms with E-state index in [1.54, 1.807) is 17.8 Å². The maximum absolute atomic E-state index is 10.0. The SMILES string of the molecule is C[C@H]1O[C@@H](n2cnc3c(N)nc(OC4CCCC4)nc32)[C@H](Cl)[C@@H]1O. The van der Waals surface area contributed by atoms with Crippen molar-refractivity contribution in [3.05, 3.63) is 6.33 Å². The van der Waals surface area contributed by atoms with Crippen molar-refractivity contribution in [3.8, 4) is 6.01 Å². The summed E-state index contributed by atoms with van der Waals surface area (Å²) in [6.07, 6.45) is 4.28. The van der Waals surface area contributed by atoms with Crippen LogP contribution in [0.3, 0.4) is 0 Å². The number of aliphatic hydroxyl groups is 1. The van der Waals surface area contributed by atoms with E-state index < -0.39 is 17.7 Å². The van der Waals surface area contributed by atoms with Crippen LogP contribution >= 0.6 is 11.6 Å². The molecular weight excluding hydrogens is 334 g/mol. The number of nitrogen functional groups attached to an aromatic ring is 1. The number of halogens is 1. The quantitative estimate of drug-likeness (QED) is 0.807. The van der Waals surface area contributed by atoms with Gasteiger partial charge in [-0.05, 0) is 32.6 Å². The van der Waals surface area contributed by atoms with Crippen LogP contribution in [0.15, 0.2) is 6.33 Å². The summed E-state index contributed by atoms with van der Waals surface area (Å²) in [4.78, 5) is 12.9. The normalized spacial score (nSPS) is 31.1. The van der Waals surface area contributed by atoms with E-state index in [1.807, 2.05) is 0 Å². The highest BCUT2D eigenvalue weighted by molar-refractivity contribution is 6.21. The van der Waals surface area contributed by atoms with Gasteiger partial charge in [-0.3, -0.25) is 4.57 Å². The monoisotopic (exact) mass is 353 g/mol. The molecule has 0 radical (unpaired) electrons. The molecule has 3 N–H and O–H groups in total. The van der Waals surface area contributed by atoms with Crippen molar-refractivity contribution in [1.29, 1.82) is 0 Å². The fraction of sp³-hybridized carbons (Fsp3) is 0.667. The zero-order valence-corrected chi connectivity index (χ0v) is 14.1. The zero-order valence-electron chi connectivity index (χ0n) is 13.3. The summed E-state index contributed by atoms with van der Waals surface area (Å²) in [5.41, 5.74) is 6.96. The number of alkyl halides is 1. The Morgan fingerprint density at radius 1 is 1.38 bits per heavy atom. The third-order valence-electron chi connectivity index (χ3n) is 4.71. The number of hydrogen-bond acceptors (Lipinski definition) is 7. The summed E-state index contributed by atoms with van der Waals surface area (Å²) in [6, 6.07) is 0.242. The summed E-state index contributed by atoms with van der Waals surface area (Å²) >= 11 is 6.30. The first-order valence-corrected chi connectivity index (χ1v) is 8.62. The molecule has 9 heteroatoms. The smallest absolute Gasteiger partial charge is 0.320 e. The van der Waals surface area contributed by atoms with Crippen molar-refractivity contribution in [1.82, 2.24) is 19.5 Å². The number of nitrogens with two attached hydrogens (primary N) is 1. The molecule has 0 spiro atoms. The van der Waals surface area contributed by atoms with Crippen LogP contribution in [0.25, 0.3) is 11.2 Å². The minimum absolute atomic E-state index is 0.128. The van der Waals surface area contributed by atoms with Crippen LogP contribution in [0, 0.1) is 0 Å². The number of rotatable bonds is 3. The number of aliphatic hydroxyl groups excluding tert-OH is 1. The highest BCUT2D eigenvalue weighted by Gasteiger charge is 2.42. The zero-order chi connectivity index (χ0) is 16.8. The van der Waals surface area contributed by atoms with Crippen LogP contribution in [0.4, 0.5) is 5.82 Å². The van der Waals surface area contributed by atoms with Crippen molar-refractivity contribution < 1.29 is 14.6 Å². The van der Waals surface area contributed by atoms with E-state index in [2.05, 4.69) is 15.0 Å². The van der Waals surface area contributed by atoms with Gasteiger partial charge in [0.2, 0.25) is 0 Å². The van der Waals surface area contributed by atoms with Crippen LogP contribution in [0.5, 0.6) is 6.01 Å². The highest BCUT2D eigenvalue weighted by Crippen LogP contribution is 2.35. The van der Waals surface area contributed by atoms with E-state index in [9.17, 15) is 5.11 Å². The number of aromatic nitrogens is 4. The van der Waals surface area contributed by atoms with Crippen LogP contribution in [-0.4, -0.2) is 48.3 Å². The molecule has 2 aliphatic rings. The molecule has 4 atom stereocenters. The van der Waals surface area contributed by atoms with E-state index in [-0.39, 0.29) is 24.0 Å². The number of anilines is 1.